The molecule has 1 atom stereocenters. The van der Waals surface area contributed by atoms with Crippen LogP contribution in [0.2, 0.25) is 0 Å². The molecule has 0 radical (unpaired) electrons. The number of rotatable bonds is 3. The summed E-state index contributed by atoms with van der Waals surface area (Å²) in [7, 11) is 0. The van der Waals surface area contributed by atoms with Crippen molar-refractivity contribution >= 4 is 0 Å². The zero-order valence-electron chi connectivity index (χ0n) is 12.7. The Bertz CT molecular complexity index is 424. The van der Waals surface area contributed by atoms with Crippen molar-refractivity contribution in [3.05, 3.63) is 24.5 Å². The van der Waals surface area contributed by atoms with Gasteiger partial charge in [0.15, 0.2) is 0 Å². The molecular weight excluding hydrogens is 248 g/mol. The molecule has 0 amide bonds. The van der Waals surface area contributed by atoms with E-state index in [1.807, 2.05) is 18.3 Å². The number of ether oxygens (including phenoxy) is 1. The summed E-state index contributed by atoms with van der Waals surface area (Å²) in [6, 6.07) is 4.74. The van der Waals surface area contributed by atoms with E-state index in [2.05, 4.69) is 23.7 Å². The third kappa shape index (κ3) is 3.32. The SMILES string of the molecule is CC1(C)CCC(N2CCC(Oc3cccnc3)CC2)C1. The van der Waals surface area contributed by atoms with Crippen molar-refractivity contribution in [3.63, 3.8) is 0 Å². The Morgan fingerprint density at radius 1 is 1.25 bits per heavy atom. The second-order valence-electron chi connectivity index (χ2n) is 7.10. The molecule has 0 N–H and O–H groups in total. The minimum absolute atomic E-state index is 0.366. The molecule has 0 bridgehead atoms. The molecule has 3 heteroatoms. The van der Waals surface area contributed by atoms with Gasteiger partial charge in [-0.15, -0.1) is 0 Å². The third-order valence-electron chi connectivity index (χ3n) is 4.87. The van der Waals surface area contributed by atoms with E-state index in [0.717, 1.165) is 24.6 Å². The lowest BCUT2D eigenvalue weighted by molar-refractivity contribution is 0.0737. The fourth-order valence-corrected chi connectivity index (χ4v) is 3.68. The number of hydrogen-bond donors (Lipinski definition) is 0. The molecule has 0 aromatic carbocycles. The van der Waals surface area contributed by atoms with Crippen LogP contribution in [0.4, 0.5) is 0 Å². The van der Waals surface area contributed by atoms with Gasteiger partial charge in [-0.1, -0.05) is 13.8 Å². The number of hydrogen-bond acceptors (Lipinski definition) is 3. The zero-order chi connectivity index (χ0) is 14.0. The van der Waals surface area contributed by atoms with Gasteiger partial charge in [-0.3, -0.25) is 4.98 Å². The van der Waals surface area contributed by atoms with Crippen molar-refractivity contribution in [1.29, 1.82) is 0 Å². The van der Waals surface area contributed by atoms with Gasteiger partial charge in [0.2, 0.25) is 0 Å². The average molecular weight is 274 g/mol. The number of nitrogens with zero attached hydrogens (tertiary/aromatic N) is 2. The number of likely N-dealkylation sites (tertiary alicyclic amines) is 1. The number of piperidine rings is 1. The molecule has 2 fully saturated rings. The molecule has 110 valence electrons. The molecule has 1 aromatic rings. The molecule has 1 aromatic heterocycles. The van der Waals surface area contributed by atoms with Crippen LogP contribution < -0.4 is 4.74 Å². The first-order chi connectivity index (χ1) is 9.62. The Labute approximate surface area is 122 Å². The van der Waals surface area contributed by atoms with Gasteiger partial charge < -0.3 is 9.64 Å². The number of pyridine rings is 1. The van der Waals surface area contributed by atoms with Crippen LogP contribution in [0.25, 0.3) is 0 Å². The fraction of sp³-hybridized carbons (Fsp3) is 0.706. The quantitative estimate of drug-likeness (QED) is 0.843. The van der Waals surface area contributed by atoms with E-state index in [9.17, 15) is 0 Å². The Kier molecular flexibility index (Phi) is 3.97. The van der Waals surface area contributed by atoms with Crippen molar-refractivity contribution in [3.8, 4) is 5.75 Å². The first-order valence-electron chi connectivity index (χ1n) is 7.93. The predicted octanol–water partition coefficient (Wildman–Crippen LogP) is 3.50. The van der Waals surface area contributed by atoms with Crippen molar-refractivity contribution in [2.24, 2.45) is 5.41 Å². The second kappa shape index (κ2) is 5.72. The molecule has 1 aliphatic heterocycles. The normalized spacial score (nSPS) is 27.6. The Morgan fingerprint density at radius 3 is 2.65 bits per heavy atom. The first kappa shape index (κ1) is 13.9. The maximum absolute atomic E-state index is 6.02. The molecular formula is C17H26N2O. The average Bonchev–Trinajstić information content (AvgIpc) is 2.81. The molecule has 3 rings (SSSR count). The maximum Gasteiger partial charge on any atom is 0.137 e. The lowest BCUT2D eigenvalue weighted by Gasteiger charge is -2.36. The lowest BCUT2D eigenvalue weighted by Crippen LogP contribution is -2.43. The van der Waals surface area contributed by atoms with E-state index in [1.54, 1.807) is 6.20 Å². The van der Waals surface area contributed by atoms with Crippen LogP contribution in [-0.2, 0) is 0 Å². The van der Waals surface area contributed by atoms with Gasteiger partial charge in [-0.2, -0.15) is 0 Å². The summed E-state index contributed by atoms with van der Waals surface area (Å²) in [5, 5.41) is 0. The van der Waals surface area contributed by atoms with Gasteiger partial charge in [-0.05, 0) is 49.7 Å². The molecule has 2 heterocycles. The van der Waals surface area contributed by atoms with Gasteiger partial charge in [-0.25, -0.2) is 0 Å². The fourth-order valence-electron chi connectivity index (χ4n) is 3.68. The van der Waals surface area contributed by atoms with Gasteiger partial charge in [0, 0.05) is 25.3 Å². The maximum atomic E-state index is 6.02. The van der Waals surface area contributed by atoms with E-state index < -0.39 is 0 Å². The molecule has 1 aliphatic carbocycles. The highest BCUT2D eigenvalue weighted by Crippen LogP contribution is 2.40. The zero-order valence-corrected chi connectivity index (χ0v) is 12.7. The van der Waals surface area contributed by atoms with Crippen LogP contribution in [0.15, 0.2) is 24.5 Å². The topological polar surface area (TPSA) is 25.4 Å². The van der Waals surface area contributed by atoms with Crippen LogP contribution >= 0.6 is 0 Å². The number of aromatic nitrogens is 1. The highest BCUT2D eigenvalue weighted by Gasteiger charge is 2.35. The van der Waals surface area contributed by atoms with Crippen LogP contribution in [0.5, 0.6) is 5.75 Å². The van der Waals surface area contributed by atoms with Crippen molar-refractivity contribution in [2.75, 3.05) is 13.1 Å². The molecule has 1 saturated carbocycles. The van der Waals surface area contributed by atoms with Crippen LogP contribution in [0, 0.1) is 5.41 Å². The summed E-state index contributed by atoms with van der Waals surface area (Å²) in [5.74, 6) is 0.910. The van der Waals surface area contributed by atoms with Crippen molar-refractivity contribution in [1.82, 2.24) is 9.88 Å². The first-order valence-corrected chi connectivity index (χ1v) is 7.93. The minimum atomic E-state index is 0.366. The van der Waals surface area contributed by atoms with Crippen LogP contribution in [-0.4, -0.2) is 35.1 Å². The summed E-state index contributed by atoms with van der Waals surface area (Å²) in [6.07, 6.45) is 10.4. The van der Waals surface area contributed by atoms with Gasteiger partial charge in [0.25, 0.3) is 0 Å². The monoisotopic (exact) mass is 274 g/mol. The third-order valence-corrected chi connectivity index (χ3v) is 4.87. The molecule has 1 unspecified atom stereocenters. The van der Waals surface area contributed by atoms with Crippen LogP contribution in [0.3, 0.4) is 0 Å². The summed E-state index contributed by atoms with van der Waals surface area (Å²) in [6.45, 7) is 7.19. The Balaban J connectivity index is 1.48. The Hall–Kier alpha value is -1.09. The summed E-state index contributed by atoms with van der Waals surface area (Å²) < 4.78 is 6.02. The Morgan fingerprint density at radius 2 is 2.05 bits per heavy atom. The largest absolute Gasteiger partial charge is 0.489 e. The summed E-state index contributed by atoms with van der Waals surface area (Å²) in [5.41, 5.74) is 0.549. The van der Waals surface area contributed by atoms with E-state index in [4.69, 9.17) is 4.74 Å². The smallest absolute Gasteiger partial charge is 0.137 e. The van der Waals surface area contributed by atoms with Crippen molar-refractivity contribution < 1.29 is 4.74 Å². The van der Waals surface area contributed by atoms with Crippen molar-refractivity contribution in [2.45, 2.75) is 58.1 Å². The second-order valence-corrected chi connectivity index (χ2v) is 7.10. The van der Waals surface area contributed by atoms with Gasteiger partial charge in [0.1, 0.15) is 11.9 Å². The van der Waals surface area contributed by atoms with Gasteiger partial charge >= 0.3 is 0 Å². The van der Waals surface area contributed by atoms with E-state index in [1.165, 1.54) is 32.4 Å². The van der Waals surface area contributed by atoms with Crippen LogP contribution in [0.1, 0.15) is 46.0 Å². The molecule has 3 nitrogen and oxygen atoms in total. The molecule has 1 saturated heterocycles. The summed E-state index contributed by atoms with van der Waals surface area (Å²) >= 11 is 0. The molecule has 20 heavy (non-hydrogen) atoms. The van der Waals surface area contributed by atoms with E-state index in [0.29, 0.717) is 11.5 Å². The van der Waals surface area contributed by atoms with Gasteiger partial charge in [0.05, 0.1) is 6.20 Å². The molecule has 2 aliphatic rings. The summed E-state index contributed by atoms with van der Waals surface area (Å²) in [4.78, 5) is 6.80. The van der Waals surface area contributed by atoms with E-state index >= 15 is 0 Å². The lowest BCUT2D eigenvalue weighted by atomic mass is 9.91. The minimum Gasteiger partial charge on any atom is -0.489 e. The highest BCUT2D eigenvalue weighted by atomic mass is 16.5. The van der Waals surface area contributed by atoms with E-state index in [-0.39, 0.29) is 0 Å². The molecule has 0 spiro atoms. The predicted molar refractivity (Wildman–Crippen MR) is 80.9 cm³/mol. The highest BCUT2D eigenvalue weighted by molar-refractivity contribution is 5.15. The standard InChI is InChI=1S/C17H26N2O/c1-17(2)8-5-14(12-17)19-10-6-15(7-11-19)20-16-4-3-9-18-13-16/h3-4,9,13-15H,5-8,10-12H2,1-2H3.